The van der Waals surface area contributed by atoms with Crippen molar-refractivity contribution in [3.05, 3.63) is 23.8 Å². The van der Waals surface area contributed by atoms with Gasteiger partial charge in [-0.15, -0.1) is 36.6 Å². The summed E-state index contributed by atoms with van der Waals surface area (Å²) in [6.07, 6.45) is 1.80. The van der Waals surface area contributed by atoms with Crippen LogP contribution < -0.4 is 15.0 Å². The van der Waals surface area contributed by atoms with E-state index in [9.17, 15) is 9.59 Å². The molecule has 2 atom stereocenters. The zero-order valence-corrected chi connectivity index (χ0v) is 17.6. The number of amides is 1. The molecule has 2 fully saturated rings. The molecular weight excluding hydrogens is 409 g/mol. The molecule has 3 heterocycles. The van der Waals surface area contributed by atoms with Gasteiger partial charge in [0.25, 0.3) is 0 Å². The second-order valence-electron chi connectivity index (χ2n) is 6.82. The Hall–Kier alpha value is -1.15. The Morgan fingerprint density at radius 1 is 1.26 bits per heavy atom. The lowest BCUT2D eigenvalue weighted by molar-refractivity contribution is -0.132. The molecule has 1 aromatic rings. The van der Waals surface area contributed by atoms with E-state index in [0.29, 0.717) is 11.8 Å². The van der Waals surface area contributed by atoms with E-state index < -0.39 is 0 Å². The topological polar surface area (TPSA) is 61.9 Å². The number of thioether (sulfide) groups is 1. The van der Waals surface area contributed by atoms with Crippen LogP contribution >= 0.6 is 36.6 Å². The Bertz CT molecular complexity index is 700. The van der Waals surface area contributed by atoms with Gasteiger partial charge in [0.15, 0.2) is 0 Å². The van der Waals surface area contributed by atoms with Crippen molar-refractivity contribution in [3.8, 4) is 5.75 Å². The van der Waals surface area contributed by atoms with Crippen molar-refractivity contribution < 1.29 is 14.3 Å². The second kappa shape index (κ2) is 9.37. The van der Waals surface area contributed by atoms with E-state index in [4.69, 9.17) is 4.74 Å². The second-order valence-corrected chi connectivity index (χ2v) is 7.89. The highest BCUT2D eigenvalue weighted by molar-refractivity contribution is 7.99. The molecule has 0 aliphatic carbocycles. The molecule has 1 aromatic carbocycles. The van der Waals surface area contributed by atoms with Gasteiger partial charge >= 0.3 is 5.97 Å². The molecule has 0 bridgehead atoms. The lowest BCUT2D eigenvalue weighted by Crippen LogP contribution is -2.42. The number of rotatable bonds is 3. The minimum Gasteiger partial charge on any atom is -0.427 e. The smallest absolute Gasteiger partial charge is 0.308 e. The summed E-state index contributed by atoms with van der Waals surface area (Å²) in [5, 5.41) is 3.42. The minimum absolute atomic E-state index is 0. The average molecular weight is 434 g/mol. The summed E-state index contributed by atoms with van der Waals surface area (Å²) in [6.45, 7) is 4.08. The Kier molecular flexibility index (Phi) is 7.68. The highest BCUT2D eigenvalue weighted by Crippen LogP contribution is 2.34. The molecule has 4 rings (SSSR count). The van der Waals surface area contributed by atoms with Gasteiger partial charge in [0.05, 0.1) is 11.9 Å². The molecule has 1 N–H and O–H groups in total. The van der Waals surface area contributed by atoms with Crippen LogP contribution in [0.2, 0.25) is 0 Å². The first kappa shape index (κ1) is 22.1. The first-order valence-corrected chi connectivity index (χ1v) is 9.95. The predicted octanol–water partition coefficient (Wildman–Crippen LogP) is 2.08. The van der Waals surface area contributed by atoms with Crippen LogP contribution in [0.4, 0.5) is 5.69 Å². The highest BCUT2D eigenvalue weighted by atomic mass is 35.5. The van der Waals surface area contributed by atoms with Crippen molar-refractivity contribution in [1.29, 1.82) is 0 Å². The number of hydrogen-bond donors (Lipinski definition) is 1. The van der Waals surface area contributed by atoms with Crippen LogP contribution in [0.15, 0.2) is 18.2 Å². The zero-order chi connectivity index (χ0) is 17.4. The fourth-order valence-electron chi connectivity index (χ4n) is 3.96. The summed E-state index contributed by atoms with van der Waals surface area (Å²) in [6, 6.07) is 6.12. The standard InChI is InChI=1S/C18H23N3O3S.2ClH/c1-12(22)24-15-2-3-17-13(8-15)4-5-21(17)14-9-16(19-10-14)18(23)20-6-7-25-11-20;;/h2-3,8,14,16,19H,4-7,9-11H2,1H3;2*1H/t14-,16-;;/m0../s1. The molecule has 0 spiro atoms. The van der Waals surface area contributed by atoms with Crippen LogP contribution in [0, 0.1) is 0 Å². The Morgan fingerprint density at radius 2 is 2.07 bits per heavy atom. The molecular formula is C18H25Cl2N3O3S. The SMILES string of the molecule is CC(=O)Oc1ccc2c(c1)CCN2[C@@H]1CN[C@H](C(=O)N2CCSC2)C1.Cl.Cl. The molecule has 6 nitrogen and oxygen atoms in total. The fraction of sp³-hybridized carbons (Fsp3) is 0.556. The lowest BCUT2D eigenvalue weighted by atomic mass is 10.1. The summed E-state index contributed by atoms with van der Waals surface area (Å²) in [5.74, 6) is 2.43. The number of ether oxygens (including phenoxy) is 1. The van der Waals surface area contributed by atoms with E-state index in [1.54, 1.807) is 0 Å². The molecule has 2 saturated heterocycles. The first-order valence-electron chi connectivity index (χ1n) is 8.80. The van der Waals surface area contributed by atoms with E-state index in [-0.39, 0.29) is 42.7 Å². The van der Waals surface area contributed by atoms with Gasteiger partial charge in [-0.05, 0) is 36.6 Å². The van der Waals surface area contributed by atoms with Gasteiger partial charge in [-0.2, -0.15) is 0 Å². The molecule has 0 radical (unpaired) electrons. The Morgan fingerprint density at radius 3 is 2.78 bits per heavy atom. The highest BCUT2D eigenvalue weighted by Gasteiger charge is 2.37. The molecule has 27 heavy (non-hydrogen) atoms. The number of esters is 1. The number of anilines is 1. The van der Waals surface area contributed by atoms with Crippen molar-refractivity contribution in [2.75, 3.05) is 36.2 Å². The third kappa shape index (κ3) is 4.65. The van der Waals surface area contributed by atoms with Gasteiger partial charge in [-0.3, -0.25) is 9.59 Å². The van der Waals surface area contributed by atoms with Crippen LogP contribution in [0.3, 0.4) is 0 Å². The van der Waals surface area contributed by atoms with E-state index in [1.165, 1.54) is 18.2 Å². The van der Waals surface area contributed by atoms with Gasteiger partial charge < -0.3 is 19.9 Å². The van der Waals surface area contributed by atoms with Gasteiger partial charge in [0.1, 0.15) is 5.75 Å². The summed E-state index contributed by atoms with van der Waals surface area (Å²) in [7, 11) is 0. The number of fused-ring (bicyclic) bond motifs is 1. The minimum atomic E-state index is -0.295. The van der Waals surface area contributed by atoms with Crippen molar-refractivity contribution in [1.82, 2.24) is 10.2 Å². The van der Waals surface area contributed by atoms with Crippen LogP contribution in [0.25, 0.3) is 0 Å². The normalized spacial score (nSPS) is 23.4. The number of carbonyl (C=O) groups is 2. The first-order chi connectivity index (χ1) is 12.1. The fourth-order valence-corrected chi connectivity index (χ4v) is 4.92. The van der Waals surface area contributed by atoms with E-state index >= 15 is 0 Å². The summed E-state index contributed by atoms with van der Waals surface area (Å²) in [5.41, 5.74) is 2.41. The van der Waals surface area contributed by atoms with Gasteiger partial charge in [0, 0.05) is 44.0 Å². The van der Waals surface area contributed by atoms with E-state index in [2.05, 4.69) is 10.2 Å². The molecule has 3 aliphatic heterocycles. The van der Waals surface area contributed by atoms with Crippen molar-refractivity contribution >= 4 is 54.1 Å². The van der Waals surface area contributed by atoms with E-state index in [0.717, 1.165) is 44.1 Å². The van der Waals surface area contributed by atoms with Crippen molar-refractivity contribution in [3.63, 3.8) is 0 Å². The number of halogens is 2. The van der Waals surface area contributed by atoms with Crippen LogP contribution in [0.1, 0.15) is 18.9 Å². The summed E-state index contributed by atoms with van der Waals surface area (Å²) >= 11 is 1.82. The van der Waals surface area contributed by atoms with Crippen molar-refractivity contribution in [2.24, 2.45) is 0 Å². The van der Waals surface area contributed by atoms with Crippen LogP contribution in [-0.4, -0.2) is 60.1 Å². The lowest BCUT2D eigenvalue weighted by Gasteiger charge is -2.27. The maximum atomic E-state index is 12.6. The van der Waals surface area contributed by atoms with Crippen LogP contribution in [-0.2, 0) is 16.0 Å². The molecule has 3 aliphatic rings. The van der Waals surface area contributed by atoms with Gasteiger partial charge in [-0.25, -0.2) is 0 Å². The summed E-state index contributed by atoms with van der Waals surface area (Å²) in [4.78, 5) is 28.1. The van der Waals surface area contributed by atoms with Crippen molar-refractivity contribution in [2.45, 2.75) is 31.8 Å². The predicted molar refractivity (Wildman–Crippen MR) is 113 cm³/mol. The van der Waals surface area contributed by atoms with E-state index in [1.807, 2.05) is 34.9 Å². The Balaban J connectivity index is 0.00000131. The maximum absolute atomic E-state index is 12.6. The zero-order valence-electron chi connectivity index (χ0n) is 15.2. The molecule has 150 valence electrons. The largest absolute Gasteiger partial charge is 0.427 e. The maximum Gasteiger partial charge on any atom is 0.308 e. The number of carbonyl (C=O) groups excluding carboxylic acids is 2. The monoisotopic (exact) mass is 433 g/mol. The summed E-state index contributed by atoms with van der Waals surface area (Å²) < 4.78 is 5.18. The molecule has 0 unspecified atom stereocenters. The van der Waals surface area contributed by atoms with Crippen LogP contribution in [0.5, 0.6) is 5.75 Å². The third-order valence-electron chi connectivity index (χ3n) is 5.15. The molecule has 1 amide bonds. The van der Waals surface area contributed by atoms with Gasteiger partial charge in [0.2, 0.25) is 5.91 Å². The average Bonchev–Trinajstić information content (AvgIpc) is 3.33. The third-order valence-corrected chi connectivity index (χ3v) is 6.12. The molecule has 0 saturated carbocycles. The number of nitrogens with zero attached hydrogens (tertiary/aromatic N) is 2. The molecule has 9 heteroatoms. The number of nitrogens with one attached hydrogen (secondary N) is 1. The number of hydrogen-bond acceptors (Lipinski definition) is 6. The Labute approximate surface area is 176 Å². The molecule has 0 aromatic heterocycles. The van der Waals surface area contributed by atoms with Gasteiger partial charge in [-0.1, -0.05) is 0 Å². The quantitative estimate of drug-likeness (QED) is 0.581. The number of benzene rings is 1.